The van der Waals surface area contributed by atoms with Gasteiger partial charge in [-0.15, -0.1) is 11.3 Å². The van der Waals surface area contributed by atoms with E-state index in [1.807, 2.05) is 55.6 Å². The number of aliphatic hydroxyl groups is 1. The molecular weight excluding hydrogens is 484 g/mol. The summed E-state index contributed by atoms with van der Waals surface area (Å²) in [5, 5.41) is 21.7. The first-order valence-electron chi connectivity index (χ1n) is 12.4. The summed E-state index contributed by atoms with van der Waals surface area (Å²) in [6, 6.07) is 9.38. The number of hydrogen-bond acceptors (Lipinski definition) is 6. The Bertz CT molecular complexity index is 1370. The van der Waals surface area contributed by atoms with Gasteiger partial charge in [0.05, 0.1) is 22.9 Å². The van der Waals surface area contributed by atoms with E-state index in [0.717, 1.165) is 34.2 Å². The van der Waals surface area contributed by atoms with Gasteiger partial charge in [-0.2, -0.15) is 0 Å². The highest BCUT2D eigenvalue weighted by molar-refractivity contribution is 7.17. The second-order valence-electron chi connectivity index (χ2n) is 9.18. The molecule has 1 fully saturated rings. The maximum atomic E-state index is 13.3. The van der Waals surface area contributed by atoms with Gasteiger partial charge in [0, 0.05) is 33.9 Å². The van der Waals surface area contributed by atoms with Gasteiger partial charge < -0.3 is 21.1 Å². The fraction of sp³-hybridized carbons (Fsp3) is 0.276. The summed E-state index contributed by atoms with van der Waals surface area (Å²) >= 11 is 1.51. The van der Waals surface area contributed by atoms with Gasteiger partial charge in [-0.25, -0.2) is 4.98 Å². The summed E-state index contributed by atoms with van der Waals surface area (Å²) in [7, 11) is 0. The van der Waals surface area contributed by atoms with Gasteiger partial charge in [-0.05, 0) is 62.8 Å². The molecule has 3 aromatic rings. The average molecular weight is 517 g/mol. The number of thiophene rings is 1. The van der Waals surface area contributed by atoms with Crippen molar-refractivity contribution in [3.05, 3.63) is 89.1 Å². The van der Waals surface area contributed by atoms with Crippen molar-refractivity contribution in [1.29, 1.82) is 0 Å². The maximum Gasteiger partial charge on any atom is 0.257 e. The van der Waals surface area contributed by atoms with Crippen molar-refractivity contribution >= 4 is 44.7 Å². The Balaban J connectivity index is 1.62. The first kappa shape index (κ1) is 26.3. The molecule has 1 aliphatic carbocycles. The van der Waals surface area contributed by atoms with E-state index in [0.29, 0.717) is 35.6 Å². The highest BCUT2D eigenvalue weighted by Crippen LogP contribution is 2.29. The molecule has 2 unspecified atom stereocenters. The number of aromatic nitrogens is 1. The van der Waals surface area contributed by atoms with Crippen LogP contribution in [0.4, 0.5) is 11.5 Å². The summed E-state index contributed by atoms with van der Waals surface area (Å²) in [5.41, 5.74) is 3.05. The van der Waals surface area contributed by atoms with Crippen LogP contribution in [0.25, 0.3) is 10.1 Å². The topological polar surface area (TPSA) is 103 Å². The third-order valence-corrected chi connectivity index (χ3v) is 7.55. The van der Waals surface area contributed by atoms with Gasteiger partial charge in [0.25, 0.3) is 11.8 Å². The van der Waals surface area contributed by atoms with Crippen LogP contribution in [-0.2, 0) is 0 Å². The Morgan fingerprint density at radius 2 is 2.03 bits per heavy atom. The van der Waals surface area contributed by atoms with E-state index in [1.54, 1.807) is 12.1 Å². The van der Waals surface area contributed by atoms with Crippen LogP contribution in [-0.4, -0.2) is 34.6 Å². The second kappa shape index (κ2) is 12.0. The number of hydrogen-bond donors (Lipinski definition) is 4. The van der Waals surface area contributed by atoms with Crippen LogP contribution in [0.5, 0.6) is 0 Å². The first-order valence-corrected chi connectivity index (χ1v) is 13.2. The van der Waals surface area contributed by atoms with E-state index in [9.17, 15) is 14.7 Å². The molecule has 2 atom stereocenters. The fourth-order valence-corrected chi connectivity index (χ4v) is 5.31. The van der Waals surface area contributed by atoms with Crippen LogP contribution in [0.3, 0.4) is 0 Å². The van der Waals surface area contributed by atoms with Crippen molar-refractivity contribution < 1.29 is 14.7 Å². The SMILES string of the molecule is C=C/C=C(Nc1ncc(C(=O)NCC2CCC(O)C2)cc1NC(=O)c1csc2ccccc12)\C(C)=C/C. The molecule has 4 rings (SSSR count). The molecule has 4 N–H and O–H groups in total. The summed E-state index contributed by atoms with van der Waals surface area (Å²) in [5.74, 6) is 0.118. The number of fused-ring (bicyclic) bond motifs is 1. The number of carbonyl (C=O) groups excluding carboxylic acids is 2. The minimum atomic E-state index is -0.289. The summed E-state index contributed by atoms with van der Waals surface area (Å²) in [4.78, 5) is 30.8. The van der Waals surface area contributed by atoms with Crippen LogP contribution in [0, 0.1) is 5.92 Å². The van der Waals surface area contributed by atoms with Crippen molar-refractivity contribution in [3.63, 3.8) is 0 Å². The van der Waals surface area contributed by atoms with E-state index >= 15 is 0 Å². The lowest BCUT2D eigenvalue weighted by Gasteiger charge is -2.16. The number of carbonyl (C=O) groups is 2. The molecule has 37 heavy (non-hydrogen) atoms. The standard InChI is InChI=1S/C29H32N4O3S/c1-4-8-24(18(3)5-2)32-27-25(33-29(36)23-17-37-26-10-7-6-9-22(23)26)14-20(16-30-27)28(35)31-15-19-11-12-21(34)13-19/h4-10,14,16-17,19,21,34H,1,11-13,15H2,2-3H3,(H,30,32)(H,31,35)(H,33,36)/b18-5-,24-8+. The summed E-state index contributed by atoms with van der Waals surface area (Å²) in [6.45, 7) is 8.17. The van der Waals surface area contributed by atoms with Crippen molar-refractivity contribution in [3.8, 4) is 0 Å². The van der Waals surface area contributed by atoms with Crippen LogP contribution >= 0.6 is 11.3 Å². The Labute approximate surface area is 221 Å². The molecule has 2 aromatic heterocycles. The predicted molar refractivity (Wildman–Crippen MR) is 151 cm³/mol. The molecule has 0 spiro atoms. The van der Waals surface area contributed by atoms with Gasteiger partial charge >= 0.3 is 0 Å². The largest absolute Gasteiger partial charge is 0.393 e. The highest BCUT2D eigenvalue weighted by atomic mass is 32.1. The first-order chi connectivity index (χ1) is 17.9. The number of benzene rings is 1. The van der Waals surface area contributed by atoms with E-state index in [-0.39, 0.29) is 23.8 Å². The summed E-state index contributed by atoms with van der Waals surface area (Å²) < 4.78 is 1.02. The van der Waals surface area contributed by atoms with Gasteiger partial charge in [-0.1, -0.05) is 36.9 Å². The molecule has 192 valence electrons. The molecule has 1 aliphatic rings. The Morgan fingerprint density at radius 1 is 1.22 bits per heavy atom. The van der Waals surface area contributed by atoms with E-state index in [4.69, 9.17) is 0 Å². The second-order valence-corrected chi connectivity index (χ2v) is 10.1. The highest BCUT2D eigenvalue weighted by Gasteiger charge is 2.24. The predicted octanol–water partition coefficient (Wildman–Crippen LogP) is 5.89. The molecule has 1 aromatic carbocycles. The van der Waals surface area contributed by atoms with Gasteiger partial charge in [0.2, 0.25) is 0 Å². The molecule has 0 aliphatic heterocycles. The molecule has 0 bridgehead atoms. The number of nitrogens with one attached hydrogen (secondary N) is 3. The number of aliphatic hydroxyl groups excluding tert-OH is 1. The van der Waals surface area contributed by atoms with Gasteiger partial charge in [0.15, 0.2) is 5.82 Å². The van der Waals surface area contributed by atoms with Crippen molar-refractivity contribution in [1.82, 2.24) is 10.3 Å². The monoisotopic (exact) mass is 516 g/mol. The molecular formula is C29H32N4O3S. The zero-order valence-corrected chi connectivity index (χ0v) is 21.9. The Kier molecular flexibility index (Phi) is 8.53. The van der Waals surface area contributed by atoms with Gasteiger partial charge in [0.1, 0.15) is 0 Å². The zero-order chi connectivity index (χ0) is 26.4. The minimum absolute atomic E-state index is 0.259. The van der Waals surface area contributed by atoms with Crippen molar-refractivity contribution in [2.45, 2.75) is 39.2 Å². The zero-order valence-electron chi connectivity index (χ0n) is 21.1. The lowest BCUT2D eigenvalue weighted by Crippen LogP contribution is -2.29. The molecule has 1 saturated carbocycles. The Hall–Kier alpha value is -3.75. The molecule has 2 amide bonds. The maximum absolute atomic E-state index is 13.3. The van der Waals surface area contributed by atoms with E-state index in [2.05, 4.69) is 27.5 Å². The fourth-order valence-electron chi connectivity index (χ4n) is 4.37. The number of nitrogens with zero attached hydrogens (tertiary/aromatic N) is 1. The lowest BCUT2D eigenvalue weighted by atomic mass is 10.1. The number of allylic oxidation sites excluding steroid dienone is 4. The van der Waals surface area contributed by atoms with Crippen LogP contribution in [0.1, 0.15) is 53.8 Å². The third kappa shape index (κ3) is 6.34. The lowest BCUT2D eigenvalue weighted by molar-refractivity contribution is 0.0943. The van der Waals surface area contributed by atoms with Crippen LogP contribution < -0.4 is 16.0 Å². The number of pyridine rings is 1. The van der Waals surface area contributed by atoms with Crippen LogP contribution in [0.15, 0.2) is 78.0 Å². The molecule has 0 saturated heterocycles. The third-order valence-electron chi connectivity index (χ3n) is 6.58. The number of rotatable bonds is 9. The minimum Gasteiger partial charge on any atom is -0.393 e. The van der Waals surface area contributed by atoms with Crippen LogP contribution in [0.2, 0.25) is 0 Å². The van der Waals surface area contributed by atoms with Crippen molar-refractivity contribution in [2.24, 2.45) is 5.92 Å². The Morgan fingerprint density at radius 3 is 2.76 bits per heavy atom. The van der Waals surface area contributed by atoms with E-state index in [1.165, 1.54) is 17.5 Å². The molecule has 7 nitrogen and oxygen atoms in total. The number of anilines is 2. The van der Waals surface area contributed by atoms with Gasteiger partial charge in [-0.3, -0.25) is 9.59 Å². The smallest absolute Gasteiger partial charge is 0.257 e. The normalized spacial score (nSPS) is 18.0. The molecule has 8 heteroatoms. The van der Waals surface area contributed by atoms with E-state index < -0.39 is 0 Å². The quantitative estimate of drug-likeness (QED) is 0.266. The molecule has 2 heterocycles. The number of amides is 2. The average Bonchev–Trinajstić information content (AvgIpc) is 3.53. The molecule has 0 radical (unpaired) electrons. The van der Waals surface area contributed by atoms with Crippen molar-refractivity contribution in [2.75, 3.05) is 17.2 Å². The summed E-state index contributed by atoms with van der Waals surface area (Å²) in [6.07, 6.45) is 9.01.